The molecule has 0 amide bonds. The normalized spacial score (nSPS) is 16.4. The summed E-state index contributed by atoms with van der Waals surface area (Å²) in [5, 5.41) is 1.93. The SMILES string of the molecule is COc1cc2c(cc1OC)C(c1ccccc1)N(CCn1c(C)csc1=O)CC2. The molecule has 0 bridgehead atoms. The van der Waals surface area contributed by atoms with Crippen LogP contribution in [0, 0.1) is 6.92 Å². The molecule has 4 rings (SSSR count). The van der Waals surface area contributed by atoms with Crippen LogP contribution in [-0.2, 0) is 13.0 Å². The average Bonchev–Trinajstić information content (AvgIpc) is 3.08. The van der Waals surface area contributed by atoms with Crippen molar-refractivity contribution < 1.29 is 9.47 Å². The molecule has 1 aliphatic heterocycles. The van der Waals surface area contributed by atoms with Gasteiger partial charge in [0.25, 0.3) is 0 Å². The van der Waals surface area contributed by atoms with Crippen LogP contribution in [0.5, 0.6) is 11.5 Å². The molecule has 152 valence electrons. The van der Waals surface area contributed by atoms with Crippen molar-refractivity contribution in [2.45, 2.75) is 25.9 Å². The number of aromatic nitrogens is 1. The highest BCUT2D eigenvalue weighted by atomic mass is 32.1. The quantitative estimate of drug-likeness (QED) is 0.619. The van der Waals surface area contributed by atoms with Crippen molar-refractivity contribution in [1.29, 1.82) is 0 Å². The van der Waals surface area contributed by atoms with Crippen LogP contribution in [-0.4, -0.2) is 36.8 Å². The van der Waals surface area contributed by atoms with Gasteiger partial charge in [0.2, 0.25) is 0 Å². The highest BCUT2D eigenvalue weighted by molar-refractivity contribution is 7.07. The molecule has 2 heterocycles. The van der Waals surface area contributed by atoms with Gasteiger partial charge in [-0.1, -0.05) is 41.7 Å². The summed E-state index contributed by atoms with van der Waals surface area (Å²) in [5.41, 5.74) is 4.81. The minimum absolute atomic E-state index is 0.113. The molecule has 0 saturated carbocycles. The fraction of sp³-hybridized carbons (Fsp3) is 0.348. The summed E-state index contributed by atoms with van der Waals surface area (Å²) < 4.78 is 13.0. The van der Waals surface area contributed by atoms with Crippen molar-refractivity contribution in [1.82, 2.24) is 9.47 Å². The molecule has 0 N–H and O–H groups in total. The van der Waals surface area contributed by atoms with E-state index in [4.69, 9.17) is 9.47 Å². The Bertz CT molecular complexity index is 1040. The molecule has 0 radical (unpaired) electrons. The zero-order valence-electron chi connectivity index (χ0n) is 17.1. The van der Waals surface area contributed by atoms with Gasteiger partial charge in [-0.05, 0) is 42.2 Å². The third-order valence-electron chi connectivity index (χ3n) is 5.68. The first-order valence-corrected chi connectivity index (χ1v) is 10.7. The lowest BCUT2D eigenvalue weighted by Crippen LogP contribution is -2.39. The lowest BCUT2D eigenvalue weighted by Gasteiger charge is -2.38. The van der Waals surface area contributed by atoms with Crippen molar-refractivity contribution in [3.8, 4) is 11.5 Å². The number of hydrogen-bond donors (Lipinski definition) is 0. The van der Waals surface area contributed by atoms with E-state index in [9.17, 15) is 4.79 Å². The molecule has 0 fully saturated rings. The Morgan fingerprint density at radius 2 is 1.79 bits per heavy atom. The van der Waals surface area contributed by atoms with E-state index in [2.05, 4.69) is 41.3 Å². The van der Waals surface area contributed by atoms with Crippen LogP contribution in [0.2, 0.25) is 0 Å². The predicted molar refractivity (Wildman–Crippen MR) is 116 cm³/mol. The summed E-state index contributed by atoms with van der Waals surface area (Å²) in [5.74, 6) is 1.52. The molecule has 0 aliphatic carbocycles. The number of fused-ring (bicyclic) bond motifs is 1. The van der Waals surface area contributed by atoms with E-state index >= 15 is 0 Å². The predicted octanol–water partition coefficient (Wildman–Crippen LogP) is 3.88. The second-order valence-electron chi connectivity index (χ2n) is 7.30. The van der Waals surface area contributed by atoms with Crippen LogP contribution in [0.1, 0.15) is 28.4 Å². The molecular formula is C23H26N2O3S. The number of nitrogens with zero attached hydrogens (tertiary/aromatic N) is 2. The Labute approximate surface area is 175 Å². The highest BCUT2D eigenvalue weighted by Crippen LogP contribution is 2.40. The number of methoxy groups -OCH3 is 2. The Balaban J connectivity index is 1.72. The van der Waals surface area contributed by atoms with Gasteiger partial charge in [-0.25, -0.2) is 0 Å². The molecule has 1 aromatic heterocycles. The second kappa shape index (κ2) is 8.43. The fourth-order valence-corrected chi connectivity index (χ4v) is 4.93. The number of thiazole rings is 1. The summed E-state index contributed by atoms with van der Waals surface area (Å²) in [6.45, 7) is 4.43. The van der Waals surface area contributed by atoms with E-state index in [0.29, 0.717) is 6.54 Å². The third-order valence-corrected chi connectivity index (χ3v) is 6.56. The average molecular weight is 411 g/mol. The maximum atomic E-state index is 12.1. The van der Waals surface area contributed by atoms with Crippen molar-refractivity contribution in [3.05, 3.63) is 79.9 Å². The van der Waals surface area contributed by atoms with Crippen LogP contribution in [0.3, 0.4) is 0 Å². The summed E-state index contributed by atoms with van der Waals surface area (Å²) >= 11 is 1.27. The highest BCUT2D eigenvalue weighted by Gasteiger charge is 2.30. The van der Waals surface area contributed by atoms with Gasteiger partial charge < -0.3 is 14.0 Å². The van der Waals surface area contributed by atoms with Gasteiger partial charge in [-0.3, -0.25) is 9.69 Å². The molecule has 1 unspecified atom stereocenters. The molecule has 6 heteroatoms. The van der Waals surface area contributed by atoms with Crippen LogP contribution in [0.25, 0.3) is 0 Å². The van der Waals surface area contributed by atoms with E-state index in [1.54, 1.807) is 14.2 Å². The van der Waals surface area contributed by atoms with E-state index < -0.39 is 0 Å². The summed E-state index contributed by atoms with van der Waals surface area (Å²) in [6.07, 6.45) is 0.941. The number of aryl methyl sites for hydroxylation is 1. The zero-order chi connectivity index (χ0) is 20.4. The van der Waals surface area contributed by atoms with Crippen molar-refractivity contribution in [3.63, 3.8) is 0 Å². The molecule has 0 saturated heterocycles. The Hall–Kier alpha value is -2.57. The molecule has 1 atom stereocenters. The standard InChI is InChI=1S/C23H26N2O3S/c1-16-15-29-23(26)25(16)12-11-24-10-9-18-13-20(27-2)21(28-3)14-19(18)22(24)17-7-5-4-6-8-17/h4-8,13-15,22H,9-12H2,1-3H3. The number of ether oxygens (including phenoxy) is 2. The Morgan fingerprint density at radius 1 is 1.07 bits per heavy atom. The molecule has 1 aliphatic rings. The van der Waals surface area contributed by atoms with Crippen LogP contribution < -0.4 is 14.3 Å². The van der Waals surface area contributed by atoms with E-state index in [0.717, 1.165) is 36.7 Å². The number of rotatable bonds is 6. The minimum atomic E-state index is 0.113. The molecule has 29 heavy (non-hydrogen) atoms. The van der Waals surface area contributed by atoms with Gasteiger partial charge in [0, 0.05) is 30.7 Å². The largest absolute Gasteiger partial charge is 0.493 e. The first kappa shape index (κ1) is 19.7. The monoisotopic (exact) mass is 410 g/mol. The molecule has 3 aromatic rings. The van der Waals surface area contributed by atoms with E-state index in [-0.39, 0.29) is 10.9 Å². The summed E-state index contributed by atoms with van der Waals surface area (Å²) in [6, 6.07) is 14.9. The van der Waals surface area contributed by atoms with Crippen molar-refractivity contribution in [2.75, 3.05) is 27.3 Å². The van der Waals surface area contributed by atoms with Crippen molar-refractivity contribution in [2.24, 2.45) is 0 Å². The lowest BCUT2D eigenvalue weighted by molar-refractivity contribution is 0.203. The topological polar surface area (TPSA) is 43.7 Å². The van der Waals surface area contributed by atoms with E-state index in [1.807, 2.05) is 22.9 Å². The molecular weight excluding hydrogens is 384 g/mol. The maximum Gasteiger partial charge on any atom is 0.307 e. The van der Waals surface area contributed by atoms with Crippen LogP contribution in [0.15, 0.2) is 52.6 Å². The fourth-order valence-electron chi connectivity index (χ4n) is 4.17. The first-order valence-electron chi connectivity index (χ1n) is 9.81. The van der Waals surface area contributed by atoms with Gasteiger partial charge in [0.05, 0.1) is 20.3 Å². The molecule has 0 spiro atoms. The Kier molecular flexibility index (Phi) is 5.74. The van der Waals surface area contributed by atoms with Gasteiger partial charge >= 0.3 is 4.87 Å². The molecule has 2 aromatic carbocycles. The molecule has 5 nitrogen and oxygen atoms in total. The van der Waals surface area contributed by atoms with Crippen LogP contribution >= 0.6 is 11.3 Å². The smallest absolute Gasteiger partial charge is 0.307 e. The first-order chi connectivity index (χ1) is 14.1. The van der Waals surface area contributed by atoms with Gasteiger partial charge in [-0.2, -0.15) is 0 Å². The number of benzene rings is 2. The zero-order valence-corrected chi connectivity index (χ0v) is 17.9. The van der Waals surface area contributed by atoms with Crippen LogP contribution in [0.4, 0.5) is 0 Å². The van der Waals surface area contributed by atoms with Gasteiger partial charge in [0.1, 0.15) is 0 Å². The number of hydrogen-bond acceptors (Lipinski definition) is 5. The lowest BCUT2D eigenvalue weighted by atomic mass is 9.87. The van der Waals surface area contributed by atoms with Crippen molar-refractivity contribution >= 4 is 11.3 Å². The summed E-state index contributed by atoms with van der Waals surface area (Å²) in [4.78, 5) is 14.7. The summed E-state index contributed by atoms with van der Waals surface area (Å²) in [7, 11) is 3.35. The van der Waals surface area contributed by atoms with Gasteiger partial charge in [-0.15, -0.1) is 0 Å². The Morgan fingerprint density at radius 3 is 2.45 bits per heavy atom. The van der Waals surface area contributed by atoms with Gasteiger partial charge in [0.15, 0.2) is 11.5 Å². The second-order valence-corrected chi connectivity index (χ2v) is 8.12. The third kappa shape index (κ3) is 3.82. The van der Waals surface area contributed by atoms with E-state index in [1.165, 1.54) is 28.0 Å². The minimum Gasteiger partial charge on any atom is -0.493 e. The maximum absolute atomic E-state index is 12.1.